The zero-order valence-electron chi connectivity index (χ0n) is 18.4. The number of amides is 2. The van der Waals surface area contributed by atoms with Gasteiger partial charge >= 0.3 is 5.97 Å². The largest absolute Gasteiger partial charge is 0.461 e. The maximum Gasteiger partial charge on any atom is 0.358 e. The molecule has 3 aromatic rings. The molecule has 2 heterocycles. The molecule has 1 aliphatic heterocycles. The molecule has 1 unspecified atom stereocenters. The summed E-state index contributed by atoms with van der Waals surface area (Å²) in [5.74, 6) is -1.14. The number of thioether (sulfide) groups is 1. The van der Waals surface area contributed by atoms with Crippen molar-refractivity contribution < 1.29 is 19.1 Å². The van der Waals surface area contributed by atoms with Crippen molar-refractivity contribution >= 4 is 40.9 Å². The topological polar surface area (TPSA) is 93.5 Å². The highest BCUT2D eigenvalue weighted by Gasteiger charge is 2.35. The van der Waals surface area contributed by atoms with Crippen molar-refractivity contribution in [1.29, 1.82) is 0 Å². The Labute approximate surface area is 195 Å². The number of nitrogens with one attached hydrogen (secondary N) is 1. The SMILES string of the molecule is CCOC(=O)c1ccn(-c2ccc(NC(=O)C3CC(=O)N(c4ccc(SC)cc4)C3)cc2)n1. The number of rotatable bonds is 7. The Morgan fingerprint density at radius 3 is 2.45 bits per heavy atom. The van der Waals surface area contributed by atoms with Crippen molar-refractivity contribution in [3.05, 3.63) is 66.5 Å². The quantitative estimate of drug-likeness (QED) is 0.423. The highest BCUT2D eigenvalue weighted by molar-refractivity contribution is 7.98. The van der Waals surface area contributed by atoms with Crippen LogP contribution in [0.25, 0.3) is 5.69 Å². The average molecular weight is 465 g/mol. The van der Waals surface area contributed by atoms with E-state index in [1.54, 1.807) is 64.8 Å². The maximum absolute atomic E-state index is 12.8. The molecule has 0 spiro atoms. The molecule has 1 N–H and O–H groups in total. The molecule has 170 valence electrons. The van der Waals surface area contributed by atoms with Crippen LogP contribution in [0.2, 0.25) is 0 Å². The Balaban J connectivity index is 1.38. The van der Waals surface area contributed by atoms with E-state index in [0.29, 0.717) is 12.2 Å². The summed E-state index contributed by atoms with van der Waals surface area (Å²) in [6, 6.07) is 16.4. The summed E-state index contributed by atoms with van der Waals surface area (Å²) >= 11 is 1.64. The number of carbonyl (C=O) groups excluding carboxylic acids is 3. The van der Waals surface area contributed by atoms with Crippen LogP contribution in [0, 0.1) is 5.92 Å². The van der Waals surface area contributed by atoms with Gasteiger partial charge < -0.3 is 15.0 Å². The lowest BCUT2D eigenvalue weighted by molar-refractivity contribution is -0.122. The molecular formula is C24H24N4O4S. The Kier molecular flexibility index (Phi) is 6.79. The van der Waals surface area contributed by atoms with Crippen LogP contribution in [0.4, 0.5) is 11.4 Å². The fraction of sp³-hybridized carbons (Fsp3) is 0.250. The van der Waals surface area contributed by atoms with Crippen LogP contribution in [0.5, 0.6) is 0 Å². The minimum absolute atomic E-state index is 0.0570. The summed E-state index contributed by atoms with van der Waals surface area (Å²) in [7, 11) is 0. The van der Waals surface area contributed by atoms with E-state index in [2.05, 4.69) is 10.4 Å². The standard InChI is InChI=1S/C24H24N4O4S/c1-3-32-24(31)21-12-13-28(26-21)19-6-4-17(5-7-19)25-23(30)16-14-22(29)27(15-16)18-8-10-20(33-2)11-9-18/h4-13,16H,3,14-15H2,1-2H3,(H,25,30). The van der Waals surface area contributed by atoms with Gasteiger partial charge in [-0.3, -0.25) is 9.59 Å². The molecule has 0 bridgehead atoms. The summed E-state index contributed by atoms with van der Waals surface area (Å²) in [5, 5.41) is 7.11. The van der Waals surface area contributed by atoms with Gasteiger partial charge in [-0.2, -0.15) is 5.10 Å². The number of benzene rings is 2. The van der Waals surface area contributed by atoms with E-state index in [1.807, 2.05) is 30.5 Å². The molecule has 8 nitrogen and oxygen atoms in total. The molecule has 0 aliphatic carbocycles. The predicted octanol–water partition coefficient (Wildman–Crippen LogP) is 3.76. The van der Waals surface area contributed by atoms with Gasteiger partial charge in [0.2, 0.25) is 11.8 Å². The molecular weight excluding hydrogens is 440 g/mol. The van der Waals surface area contributed by atoms with Crippen LogP contribution in [0.15, 0.2) is 65.7 Å². The Morgan fingerprint density at radius 1 is 1.09 bits per heavy atom. The highest BCUT2D eigenvalue weighted by atomic mass is 32.2. The van der Waals surface area contributed by atoms with Crippen LogP contribution >= 0.6 is 11.8 Å². The summed E-state index contributed by atoms with van der Waals surface area (Å²) in [4.78, 5) is 39.8. The molecule has 0 saturated carbocycles. The third-order valence-corrected chi connectivity index (χ3v) is 6.10. The van der Waals surface area contributed by atoms with E-state index in [0.717, 1.165) is 16.3 Å². The average Bonchev–Trinajstić information content (AvgIpc) is 3.47. The Morgan fingerprint density at radius 2 is 1.79 bits per heavy atom. The van der Waals surface area contributed by atoms with Crippen LogP contribution in [0.1, 0.15) is 23.8 Å². The first-order chi connectivity index (χ1) is 16.0. The fourth-order valence-corrected chi connectivity index (χ4v) is 4.03. The predicted molar refractivity (Wildman–Crippen MR) is 127 cm³/mol. The Bertz CT molecular complexity index is 1160. The smallest absolute Gasteiger partial charge is 0.358 e. The lowest BCUT2D eigenvalue weighted by Crippen LogP contribution is -2.28. The number of hydrogen-bond acceptors (Lipinski definition) is 6. The number of carbonyl (C=O) groups is 3. The number of hydrogen-bond donors (Lipinski definition) is 1. The third-order valence-electron chi connectivity index (χ3n) is 5.35. The molecule has 1 aliphatic rings. The highest BCUT2D eigenvalue weighted by Crippen LogP contribution is 2.28. The molecule has 9 heteroatoms. The van der Waals surface area contributed by atoms with E-state index in [9.17, 15) is 14.4 Å². The van der Waals surface area contributed by atoms with E-state index < -0.39 is 11.9 Å². The van der Waals surface area contributed by atoms with E-state index >= 15 is 0 Å². The zero-order valence-corrected chi connectivity index (χ0v) is 19.2. The zero-order chi connectivity index (χ0) is 23.4. The number of aromatic nitrogens is 2. The van der Waals surface area contributed by atoms with Crippen molar-refractivity contribution in [2.45, 2.75) is 18.2 Å². The summed E-state index contributed by atoms with van der Waals surface area (Å²) < 4.78 is 6.51. The first-order valence-electron chi connectivity index (χ1n) is 10.6. The second-order valence-corrected chi connectivity index (χ2v) is 8.39. The third kappa shape index (κ3) is 5.09. The second kappa shape index (κ2) is 9.91. The molecule has 1 fully saturated rings. The van der Waals surface area contributed by atoms with Gasteiger partial charge in [0.15, 0.2) is 5.69 Å². The van der Waals surface area contributed by atoms with Crippen LogP contribution in [0.3, 0.4) is 0 Å². The molecule has 0 radical (unpaired) electrons. The van der Waals surface area contributed by atoms with E-state index in [-0.39, 0.29) is 30.5 Å². The number of ether oxygens (including phenoxy) is 1. The van der Waals surface area contributed by atoms with Gasteiger partial charge in [-0.1, -0.05) is 0 Å². The fourth-order valence-electron chi connectivity index (χ4n) is 3.62. The number of anilines is 2. The first kappa shape index (κ1) is 22.6. The molecule has 1 saturated heterocycles. The molecule has 33 heavy (non-hydrogen) atoms. The first-order valence-corrected chi connectivity index (χ1v) is 11.8. The molecule has 4 rings (SSSR count). The van der Waals surface area contributed by atoms with Crippen molar-refractivity contribution in [1.82, 2.24) is 9.78 Å². The minimum Gasteiger partial charge on any atom is -0.461 e. The molecule has 1 atom stereocenters. The summed E-state index contributed by atoms with van der Waals surface area (Å²) in [5.41, 5.74) is 2.39. The van der Waals surface area contributed by atoms with Crippen molar-refractivity contribution in [2.75, 3.05) is 29.6 Å². The van der Waals surface area contributed by atoms with Crippen molar-refractivity contribution in [2.24, 2.45) is 5.92 Å². The van der Waals surface area contributed by atoms with Gasteiger partial charge in [0.05, 0.1) is 18.2 Å². The van der Waals surface area contributed by atoms with Gasteiger partial charge in [0.1, 0.15) is 0 Å². The maximum atomic E-state index is 12.8. The second-order valence-electron chi connectivity index (χ2n) is 7.51. The minimum atomic E-state index is -0.472. The van der Waals surface area contributed by atoms with E-state index in [1.165, 1.54) is 0 Å². The lowest BCUT2D eigenvalue weighted by Gasteiger charge is -2.17. The normalized spacial score (nSPS) is 15.5. The summed E-state index contributed by atoms with van der Waals surface area (Å²) in [6.07, 6.45) is 3.85. The monoisotopic (exact) mass is 464 g/mol. The number of nitrogens with zero attached hydrogens (tertiary/aromatic N) is 3. The number of esters is 1. The molecule has 1 aromatic heterocycles. The van der Waals surface area contributed by atoms with Crippen LogP contribution < -0.4 is 10.2 Å². The van der Waals surface area contributed by atoms with Gasteiger partial charge in [-0.05, 0) is 67.8 Å². The van der Waals surface area contributed by atoms with Gasteiger partial charge in [0, 0.05) is 35.4 Å². The van der Waals surface area contributed by atoms with Crippen LogP contribution in [-0.4, -0.2) is 47.0 Å². The van der Waals surface area contributed by atoms with Gasteiger partial charge in [-0.25, -0.2) is 9.48 Å². The Hall–Kier alpha value is -3.59. The van der Waals surface area contributed by atoms with Gasteiger partial charge in [0.25, 0.3) is 0 Å². The van der Waals surface area contributed by atoms with Crippen molar-refractivity contribution in [3.63, 3.8) is 0 Å². The molecule has 2 amide bonds. The van der Waals surface area contributed by atoms with Gasteiger partial charge in [-0.15, -0.1) is 11.8 Å². The van der Waals surface area contributed by atoms with Crippen molar-refractivity contribution in [3.8, 4) is 5.69 Å². The van der Waals surface area contributed by atoms with Crippen LogP contribution in [-0.2, 0) is 14.3 Å². The summed E-state index contributed by atoms with van der Waals surface area (Å²) in [6.45, 7) is 2.38. The lowest BCUT2D eigenvalue weighted by atomic mass is 10.1. The molecule has 2 aromatic carbocycles. The van der Waals surface area contributed by atoms with E-state index in [4.69, 9.17) is 4.74 Å².